The topological polar surface area (TPSA) is 94.2 Å². The van der Waals surface area contributed by atoms with E-state index in [9.17, 15) is 14.7 Å². The number of fused-ring (bicyclic) bond motifs is 1. The number of carbonyl (C=O) groups is 2. The first-order valence-corrected chi connectivity index (χ1v) is 8.64. The Labute approximate surface area is 156 Å². The maximum absolute atomic E-state index is 12.2. The van der Waals surface area contributed by atoms with Crippen LogP contribution in [0.3, 0.4) is 0 Å². The quantitative estimate of drug-likeness (QED) is 0.484. The van der Waals surface area contributed by atoms with E-state index in [1.807, 2.05) is 60.8 Å². The van der Waals surface area contributed by atoms with Gasteiger partial charge in [-0.2, -0.15) is 0 Å². The zero-order valence-electron chi connectivity index (χ0n) is 14.7. The molecule has 27 heavy (non-hydrogen) atoms. The van der Waals surface area contributed by atoms with Gasteiger partial charge in [-0.05, 0) is 23.3 Å². The number of rotatable bonds is 7. The average Bonchev–Trinajstić information content (AvgIpc) is 3.12. The highest BCUT2D eigenvalue weighted by molar-refractivity contribution is 5.98. The summed E-state index contributed by atoms with van der Waals surface area (Å²) in [4.78, 5) is 27.4. The molecular weight excluding hydrogens is 342 g/mol. The molecule has 1 heterocycles. The van der Waals surface area contributed by atoms with Crippen molar-refractivity contribution in [1.82, 2.24) is 15.6 Å². The lowest BCUT2D eigenvalue weighted by Gasteiger charge is -2.15. The molecule has 6 nitrogen and oxygen atoms in total. The number of nitrogens with one attached hydrogen (secondary N) is 3. The number of amides is 2. The highest BCUT2D eigenvalue weighted by atomic mass is 16.3. The third-order valence-corrected chi connectivity index (χ3v) is 4.16. The second kappa shape index (κ2) is 8.82. The van der Waals surface area contributed by atoms with E-state index >= 15 is 0 Å². The first-order valence-electron chi connectivity index (χ1n) is 8.64. The maximum atomic E-state index is 12.2. The summed E-state index contributed by atoms with van der Waals surface area (Å²) >= 11 is 0. The van der Waals surface area contributed by atoms with Crippen LogP contribution < -0.4 is 10.6 Å². The van der Waals surface area contributed by atoms with Gasteiger partial charge in [-0.3, -0.25) is 9.59 Å². The Kier molecular flexibility index (Phi) is 6.02. The van der Waals surface area contributed by atoms with Gasteiger partial charge in [0.1, 0.15) is 6.04 Å². The standard InChI is InChI=1S/C21H21N3O3/c25-14-19(21(27)23-12-15-6-2-1-3-7-15)24-20(26)11-10-16-13-22-18-9-5-4-8-17(16)18/h1-11,13,19,22,25H,12,14H2,(H,23,27)(H,24,26)/t19-/m0/s1. The summed E-state index contributed by atoms with van der Waals surface area (Å²) in [7, 11) is 0. The summed E-state index contributed by atoms with van der Waals surface area (Å²) in [6, 6.07) is 16.2. The summed E-state index contributed by atoms with van der Waals surface area (Å²) < 4.78 is 0. The van der Waals surface area contributed by atoms with Crippen molar-refractivity contribution in [2.45, 2.75) is 12.6 Å². The van der Waals surface area contributed by atoms with Crippen molar-refractivity contribution >= 4 is 28.8 Å². The largest absolute Gasteiger partial charge is 0.394 e. The second-order valence-electron chi connectivity index (χ2n) is 6.07. The first-order chi connectivity index (χ1) is 13.2. The molecule has 3 rings (SSSR count). The zero-order chi connectivity index (χ0) is 19.1. The molecule has 2 amide bonds. The van der Waals surface area contributed by atoms with Crippen molar-refractivity contribution in [3.05, 3.63) is 78.0 Å². The number of aliphatic hydroxyl groups is 1. The highest BCUT2D eigenvalue weighted by Crippen LogP contribution is 2.18. The predicted molar refractivity (Wildman–Crippen MR) is 105 cm³/mol. The number of aromatic amines is 1. The van der Waals surface area contributed by atoms with Crippen LogP contribution in [-0.2, 0) is 16.1 Å². The van der Waals surface area contributed by atoms with Gasteiger partial charge in [0.05, 0.1) is 6.61 Å². The molecule has 1 atom stereocenters. The van der Waals surface area contributed by atoms with Gasteiger partial charge in [0.25, 0.3) is 0 Å². The molecule has 0 fully saturated rings. The zero-order valence-corrected chi connectivity index (χ0v) is 14.7. The van der Waals surface area contributed by atoms with Crippen molar-refractivity contribution in [2.75, 3.05) is 6.61 Å². The minimum absolute atomic E-state index is 0.331. The highest BCUT2D eigenvalue weighted by Gasteiger charge is 2.18. The molecule has 0 spiro atoms. The van der Waals surface area contributed by atoms with Crippen LogP contribution in [0.5, 0.6) is 0 Å². The lowest BCUT2D eigenvalue weighted by Crippen LogP contribution is -2.48. The number of hydrogen-bond donors (Lipinski definition) is 4. The van der Waals surface area contributed by atoms with Crippen LogP contribution in [0.25, 0.3) is 17.0 Å². The summed E-state index contributed by atoms with van der Waals surface area (Å²) in [5.41, 5.74) is 2.79. The van der Waals surface area contributed by atoms with Gasteiger partial charge in [-0.25, -0.2) is 0 Å². The lowest BCUT2D eigenvalue weighted by atomic mass is 10.1. The van der Waals surface area contributed by atoms with Gasteiger partial charge in [-0.15, -0.1) is 0 Å². The van der Waals surface area contributed by atoms with Crippen LogP contribution in [0, 0.1) is 0 Å². The second-order valence-corrected chi connectivity index (χ2v) is 6.07. The molecule has 138 valence electrons. The Morgan fingerprint density at radius 1 is 1.07 bits per heavy atom. The average molecular weight is 363 g/mol. The summed E-state index contributed by atoms with van der Waals surface area (Å²) in [5, 5.41) is 15.7. The monoisotopic (exact) mass is 363 g/mol. The molecule has 0 bridgehead atoms. The van der Waals surface area contributed by atoms with E-state index in [4.69, 9.17) is 0 Å². The Morgan fingerprint density at radius 3 is 2.59 bits per heavy atom. The molecule has 1 aromatic heterocycles. The third-order valence-electron chi connectivity index (χ3n) is 4.16. The van der Waals surface area contributed by atoms with Crippen LogP contribution in [0.4, 0.5) is 0 Å². The number of benzene rings is 2. The number of para-hydroxylation sites is 1. The SMILES string of the molecule is O=C(C=Cc1c[nH]c2ccccc12)N[C@@H](CO)C(=O)NCc1ccccc1. The predicted octanol–water partition coefficient (Wildman–Crippen LogP) is 1.97. The number of aliphatic hydroxyl groups excluding tert-OH is 1. The molecule has 0 unspecified atom stereocenters. The summed E-state index contributed by atoms with van der Waals surface area (Å²) in [6.07, 6.45) is 4.83. The fraction of sp³-hybridized carbons (Fsp3) is 0.143. The van der Waals surface area contributed by atoms with Crippen molar-refractivity contribution in [3.63, 3.8) is 0 Å². The molecule has 0 saturated carbocycles. The fourth-order valence-electron chi connectivity index (χ4n) is 2.72. The molecule has 0 radical (unpaired) electrons. The third kappa shape index (κ3) is 4.83. The summed E-state index contributed by atoms with van der Waals surface area (Å²) in [6.45, 7) is -0.148. The van der Waals surface area contributed by atoms with Crippen molar-refractivity contribution in [2.24, 2.45) is 0 Å². The van der Waals surface area contributed by atoms with Gasteiger partial charge in [0, 0.05) is 29.7 Å². The van der Waals surface area contributed by atoms with Crippen LogP contribution in [0.2, 0.25) is 0 Å². The van der Waals surface area contributed by atoms with E-state index < -0.39 is 24.5 Å². The fourth-order valence-corrected chi connectivity index (χ4v) is 2.72. The van der Waals surface area contributed by atoms with Gasteiger partial charge in [-0.1, -0.05) is 48.5 Å². The van der Waals surface area contributed by atoms with Crippen LogP contribution in [0.1, 0.15) is 11.1 Å². The van der Waals surface area contributed by atoms with E-state index in [2.05, 4.69) is 15.6 Å². The van der Waals surface area contributed by atoms with Gasteiger partial charge in [0.2, 0.25) is 11.8 Å². The number of H-pyrrole nitrogens is 1. The van der Waals surface area contributed by atoms with E-state index in [1.54, 1.807) is 6.08 Å². The van der Waals surface area contributed by atoms with Crippen molar-refractivity contribution in [1.29, 1.82) is 0 Å². The van der Waals surface area contributed by atoms with E-state index in [-0.39, 0.29) is 0 Å². The minimum atomic E-state index is -1.01. The molecule has 0 saturated heterocycles. The molecular formula is C21H21N3O3. The van der Waals surface area contributed by atoms with Crippen molar-refractivity contribution in [3.8, 4) is 0 Å². The first kappa shape index (κ1) is 18.4. The molecule has 0 aliphatic carbocycles. The molecule has 0 aliphatic rings. The van der Waals surface area contributed by atoms with E-state index in [0.717, 1.165) is 22.0 Å². The molecule has 0 aliphatic heterocycles. The molecule has 4 N–H and O–H groups in total. The smallest absolute Gasteiger partial charge is 0.245 e. The molecule has 2 aromatic carbocycles. The molecule has 6 heteroatoms. The normalized spacial score (nSPS) is 12.2. The van der Waals surface area contributed by atoms with E-state index in [1.165, 1.54) is 6.08 Å². The van der Waals surface area contributed by atoms with Gasteiger partial charge >= 0.3 is 0 Å². The van der Waals surface area contributed by atoms with Gasteiger partial charge < -0.3 is 20.7 Å². The summed E-state index contributed by atoms with van der Waals surface area (Å²) in [5.74, 6) is -0.885. The van der Waals surface area contributed by atoms with Crippen LogP contribution in [0.15, 0.2) is 66.9 Å². The Bertz CT molecular complexity index is 947. The van der Waals surface area contributed by atoms with Gasteiger partial charge in [0.15, 0.2) is 0 Å². The minimum Gasteiger partial charge on any atom is -0.394 e. The Hall–Kier alpha value is -3.38. The lowest BCUT2D eigenvalue weighted by molar-refractivity contribution is -0.128. The maximum Gasteiger partial charge on any atom is 0.245 e. The number of aromatic nitrogens is 1. The van der Waals surface area contributed by atoms with Crippen LogP contribution >= 0.6 is 0 Å². The van der Waals surface area contributed by atoms with Crippen molar-refractivity contribution < 1.29 is 14.7 Å². The number of carbonyl (C=O) groups excluding carboxylic acids is 2. The van der Waals surface area contributed by atoms with Crippen LogP contribution in [-0.4, -0.2) is 34.6 Å². The van der Waals surface area contributed by atoms with E-state index in [0.29, 0.717) is 6.54 Å². The Balaban J connectivity index is 1.57. The Morgan fingerprint density at radius 2 is 1.81 bits per heavy atom. The molecule has 3 aromatic rings. The number of hydrogen-bond acceptors (Lipinski definition) is 3.